The minimum atomic E-state index is -1.47. The summed E-state index contributed by atoms with van der Waals surface area (Å²) in [5, 5.41) is 6.05. The summed E-state index contributed by atoms with van der Waals surface area (Å²) in [6.45, 7) is 4.70. The summed E-state index contributed by atoms with van der Waals surface area (Å²) in [4.78, 5) is 25.0. The SMILES string of the molecule is COCC(NP(COCCn1cnc2c(N)ncnc21)Oc1ccc(F)cc1)C(=O)NC(C)C. The molecular weight excluding hydrogens is 464 g/mol. The smallest absolute Gasteiger partial charge is 0.240 e. The molecule has 0 fully saturated rings. The van der Waals surface area contributed by atoms with Gasteiger partial charge in [-0.15, -0.1) is 0 Å². The largest absolute Gasteiger partial charge is 0.456 e. The highest BCUT2D eigenvalue weighted by molar-refractivity contribution is 7.50. The first kappa shape index (κ1) is 25.7. The molecule has 0 aliphatic rings. The lowest BCUT2D eigenvalue weighted by atomic mass is 10.3. The molecule has 2 heterocycles. The molecule has 2 atom stereocenters. The average molecular weight is 493 g/mol. The Hall–Kier alpha value is -2.92. The Bertz CT molecular complexity index is 1070. The number of nitrogens with two attached hydrogens (primary N) is 1. The number of nitrogens with zero attached hydrogens (tertiary/aromatic N) is 4. The summed E-state index contributed by atoms with van der Waals surface area (Å²) in [6, 6.07) is 4.97. The molecule has 34 heavy (non-hydrogen) atoms. The van der Waals surface area contributed by atoms with Crippen LogP contribution in [0.25, 0.3) is 11.2 Å². The molecular formula is C21H29FN7O4P. The summed E-state index contributed by atoms with van der Waals surface area (Å²) in [7, 11) is 0.0468. The Morgan fingerprint density at radius 2 is 2.00 bits per heavy atom. The first-order valence-corrected chi connectivity index (χ1v) is 12.1. The number of hydrogen-bond acceptors (Lipinski definition) is 9. The monoisotopic (exact) mass is 493 g/mol. The summed E-state index contributed by atoms with van der Waals surface area (Å²) in [5.41, 5.74) is 6.97. The lowest BCUT2D eigenvalue weighted by molar-refractivity contribution is -0.124. The molecule has 0 bridgehead atoms. The van der Waals surface area contributed by atoms with E-state index in [1.165, 1.54) is 37.7 Å². The van der Waals surface area contributed by atoms with Crippen molar-refractivity contribution >= 4 is 31.2 Å². The highest BCUT2D eigenvalue weighted by Gasteiger charge is 2.25. The van der Waals surface area contributed by atoms with Crippen LogP contribution >= 0.6 is 8.30 Å². The number of methoxy groups -OCH3 is 1. The number of nitrogen functional groups attached to an aromatic ring is 1. The van der Waals surface area contributed by atoms with Gasteiger partial charge in [-0.1, -0.05) is 0 Å². The van der Waals surface area contributed by atoms with Crippen LogP contribution < -0.4 is 20.7 Å². The van der Waals surface area contributed by atoms with E-state index in [0.29, 0.717) is 35.9 Å². The van der Waals surface area contributed by atoms with Crippen molar-refractivity contribution in [2.24, 2.45) is 0 Å². The van der Waals surface area contributed by atoms with Crippen molar-refractivity contribution in [2.45, 2.75) is 32.5 Å². The summed E-state index contributed by atoms with van der Waals surface area (Å²) < 4.78 is 32.2. The molecule has 11 nitrogen and oxygen atoms in total. The number of aromatic nitrogens is 4. The Morgan fingerprint density at radius 3 is 2.71 bits per heavy atom. The van der Waals surface area contributed by atoms with Gasteiger partial charge in [-0.05, 0) is 38.1 Å². The molecule has 2 aromatic heterocycles. The van der Waals surface area contributed by atoms with Crippen LogP contribution in [0.3, 0.4) is 0 Å². The van der Waals surface area contributed by atoms with E-state index in [1.54, 1.807) is 6.33 Å². The molecule has 0 spiro atoms. The van der Waals surface area contributed by atoms with Crippen LogP contribution in [0, 0.1) is 5.82 Å². The second-order valence-corrected chi connectivity index (χ2v) is 9.09. The third kappa shape index (κ3) is 7.29. The molecule has 3 aromatic rings. The van der Waals surface area contributed by atoms with Crippen molar-refractivity contribution in [3.05, 3.63) is 42.7 Å². The van der Waals surface area contributed by atoms with E-state index in [1.807, 2.05) is 18.4 Å². The van der Waals surface area contributed by atoms with Gasteiger partial charge in [0.1, 0.15) is 35.8 Å². The van der Waals surface area contributed by atoms with Crippen molar-refractivity contribution in [1.29, 1.82) is 0 Å². The van der Waals surface area contributed by atoms with E-state index in [9.17, 15) is 9.18 Å². The van der Waals surface area contributed by atoms with Crippen LogP contribution in [0.1, 0.15) is 13.8 Å². The first-order chi connectivity index (χ1) is 16.4. The van der Waals surface area contributed by atoms with Crippen molar-refractivity contribution in [1.82, 2.24) is 29.9 Å². The number of imidazole rings is 1. The third-order valence-electron chi connectivity index (χ3n) is 4.52. The fraction of sp³-hybridized carbons (Fsp3) is 0.429. The maximum absolute atomic E-state index is 13.3. The van der Waals surface area contributed by atoms with Crippen molar-refractivity contribution < 1.29 is 23.2 Å². The van der Waals surface area contributed by atoms with Gasteiger partial charge in [-0.3, -0.25) is 4.79 Å². The first-order valence-electron chi connectivity index (χ1n) is 10.6. The second-order valence-electron chi connectivity index (χ2n) is 7.63. The van der Waals surface area contributed by atoms with E-state index >= 15 is 0 Å². The average Bonchev–Trinajstić information content (AvgIpc) is 3.21. The van der Waals surface area contributed by atoms with Gasteiger partial charge < -0.3 is 29.6 Å². The number of benzene rings is 1. The Morgan fingerprint density at radius 1 is 1.24 bits per heavy atom. The van der Waals surface area contributed by atoms with Gasteiger partial charge in [0.15, 0.2) is 19.8 Å². The predicted molar refractivity (Wildman–Crippen MR) is 127 cm³/mol. The van der Waals surface area contributed by atoms with Crippen LogP contribution in [0.2, 0.25) is 0 Å². The number of amides is 1. The van der Waals surface area contributed by atoms with Crippen molar-refractivity contribution in [2.75, 3.05) is 32.4 Å². The maximum Gasteiger partial charge on any atom is 0.240 e. The fourth-order valence-electron chi connectivity index (χ4n) is 2.98. The highest BCUT2D eigenvalue weighted by atomic mass is 31.2. The lowest BCUT2D eigenvalue weighted by Gasteiger charge is -2.25. The summed E-state index contributed by atoms with van der Waals surface area (Å²) >= 11 is 0. The van der Waals surface area contributed by atoms with E-state index in [0.717, 1.165) is 0 Å². The number of hydrogen-bond donors (Lipinski definition) is 3. The minimum absolute atomic E-state index is 0.0306. The maximum atomic E-state index is 13.3. The van der Waals surface area contributed by atoms with Gasteiger partial charge in [0.05, 0.1) is 19.5 Å². The molecule has 3 rings (SSSR count). The van der Waals surface area contributed by atoms with E-state index in [4.69, 9.17) is 19.7 Å². The Balaban J connectivity index is 1.63. The third-order valence-corrected chi connectivity index (χ3v) is 5.97. The molecule has 184 valence electrons. The van der Waals surface area contributed by atoms with E-state index in [2.05, 4.69) is 25.4 Å². The van der Waals surface area contributed by atoms with Crippen molar-refractivity contribution in [3.63, 3.8) is 0 Å². The Kier molecular flexibility index (Phi) is 9.46. The Labute approximate surface area is 198 Å². The zero-order valence-electron chi connectivity index (χ0n) is 19.3. The number of halogens is 1. The normalized spacial score (nSPS) is 13.2. The molecule has 1 amide bonds. The zero-order chi connectivity index (χ0) is 24.5. The van der Waals surface area contributed by atoms with Crippen LogP contribution in [0.4, 0.5) is 10.2 Å². The number of rotatable bonds is 13. The lowest BCUT2D eigenvalue weighted by Crippen LogP contribution is -2.47. The highest BCUT2D eigenvalue weighted by Crippen LogP contribution is 2.35. The molecule has 0 aliphatic heterocycles. The van der Waals surface area contributed by atoms with Crippen LogP contribution in [0.15, 0.2) is 36.9 Å². The molecule has 0 radical (unpaired) electrons. The van der Waals surface area contributed by atoms with Gasteiger partial charge >= 0.3 is 0 Å². The minimum Gasteiger partial charge on any atom is -0.456 e. The molecule has 0 aliphatic carbocycles. The molecule has 0 saturated heterocycles. The van der Waals surface area contributed by atoms with Crippen LogP contribution in [-0.2, 0) is 20.8 Å². The van der Waals surface area contributed by atoms with Gasteiger partial charge in [0.25, 0.3) is 0 Å². The molecule has 1 aromatic carbocycles. The second kappa shape index (κ2) is 12.5. The number of fused-ring (bicyclic) bond motifs is 1. The van der Waals surface area contributed by atoms with Gasteiger partial charge in [0, 0.05) is 19.7 Å². The van der Waals surface area contributed by atoms with Gasteiger partial charge in [0.2, 0.25) is 5.91 Å². The van der Waals surface area contributed by atoms with Gasteiger partial charge in [-0.2, -0.15) is 0 Å². The van der Waals surface area contributed by atoms with E-state index in [-0.39, 0.29) is 30.7 Å². The zero-order valence-corrected chi connectivity index (χ0v) is 20.2. The van der Waals surface area contributed by atoms with E-state index < -0.39 is 14.3 Å². The standard InChI is InChI=1S/C21H29FN7O4P/c1-14(2)27-21(30)17(10-31-3)28-34(33-16-6-4-15(22)5-7-16)13-32-9-8-29-12-26-18-19(23)24-11-25-20(18)29/h4-7,11-12,14,17,28H,8-10,13H2,1-3H3,(H,27,30)(H2,23,24,25). The number of nitrogens with one attached hydrogen (secondary N) is 2. The van der Waals surface area contributed by atoms with Crippen molar-refractivity contribution in [3.8, 4) is 5.75 Å². The predicted octanol–water partition coefficient (Wildman–Crippen LogP) is 2.04. The fourth-order valence-corrected chi connectivity index (χ4v) is 4.37. The summed E-state index contributed by atoms with van der Waals surface area (Å²) in [6.07, 6.45) is 3.18. The van der Waals surface area contributed by atoms with Gasteiger partial charge in [-0.25, -0.2) is 24.4 Å². The number of carbonyl (C=O) groups excluding carboxylic acids is 1. The number of carbonyl (C=O) groups is 1. The molecule has 0 saturated carbocycles. The van der Waals surface area contributed by atoms with Crippen LogP contribution in [0.5, 0.6) is 5.75 Å². The topological polar surface area (TPSA) is 138 Å². The molecule has 2 unspecified atom stereocenters. The number of anilines is 1. The molecule has 13 heteroatoms. The summed E-state index contributed by atoms with van der Waals surface area (Å²) in [5.74, 6) is 0.187. The molecule has 4 N–H and O–H groups in total. The van der Waals surface area contributed by atoms with Crippen LogP contribution in [-0.4, -0.2) is 64.2 Å². The quantitative estimate of drug-likeness (QED) is 0.241. The number of ether oxygens (including phenoxy) is 2.